The Kier molecular flexibility index (Phi) is 8.73. The Morgan fingerprint density at radius 1 is 1.24 bits per heavy atom. The molecule has 0 bridgehead atoms. The van der Waals surface area contributed by atoms with Gasteiger partial charge in [0, 0.05) is 30.4 Å². The van der Waals surface area contributed by atoms with Crippen LogP contribution in [0.15, 0.2) is 29.3 Å². The van der Waals surface area contributed by atoms with Crippen molar-refractivity contribution >= 4 is 27.4 Å². The average molecular weight is 388 g/mol. The molecule has 0 aliphatic carbocycles. The van der Waals surface area contributed by atoms with Crippen LogP contribution in [0.1, 0.15) is 33.3 Å². The fourth-order valence-electron chi connectivity index (χ4n) is 2.36. The standard InChI is InChI=1S/C18H30ClN3O2S/c1-5-20-17(21-10-11-25(23,24)6-2)22-14-18(3,4)13-15-8-7-9-16(19)12-15/h7-9,12H,5-6,10-11,13-14H2,1-4H3,(H2,20,21,22). The zero-order valence-corrected chi connectivity index (χ0v) is 17.2. The van der Waals surface area contributed by atoms with E-state index in [-0.39, 0.29) is 16.9 Å². The van der Waals surface area contributed by atoms with Crippen LogP contribution in [0.2, 0.25) is 5.02 Å². The van der Waals surface area contributed by atoms with Crippen molar-refractivity contribution < 1.29 is 8.42 Å². The van der Waals surface area contributed by atoms with Crippen LogP contribution in [0.4, 0.5) is 0 Å². The Bertz CT molecular complexity index is 673. The Labute approximate surface area is 157 Å². The van der Waals surface area contributed by atoms with Crippen LogP contribution in [-0.2, 0) is 16.3 Å². The molecule has 0 amide bonds. The monoisotopic (exact) mass is 387 g/mol. The maximum Gasteiger partial charge on any atom is 0.191 e. The van der Waals surface area contributed by atoms with Crippen molar-refractivity contribution in [2.75, 3.05) is 31.1 Å². The second-order valence-electron chi connectivity index (χ2n) is 6.83. The second-order valence-corrected chi connectivity index (χ2v) is 9.74. The zero-order valence-electron chi connectivity index (χ0n) is 15.6. The highest BCUT2D eigenvalue weighted by Gasteiger charge is 2.19. The van der Waals surface area contributed by atoms with E-state index in [1.807, 2.05) is 25.1 Å². The van der Waals surface area contributed by atoms with Gasteiger partial charge in [-0.1, -0.05) is 44.5 Å². The van der Waals surface area contributed by atoms with E-state index in [0.29, 0.717) is 19.0 Å². The fraction of sp³-hybridized carbons (Fsp3) is 0.611. The summed E-state index contributed by atoms with van der Waals surface area (Å²) >= 11 is 6.05. The van der Waals surface area contributed by atoms with Crippen molar-refractivity contribution in [3.8, 4) is 0 Å². The van der Waals surface area contributed by atoms with Crippen molar-refractivity contribution in [3.05, 3.63) is 34.9 Å². The highest BCUT2D eigenvalue weighted by atomic mass is 35.5. The third kappa shape index (κ3) is 9.12. The summed E-state index contributed by atoms with van der Waals surface area (Å²) in [5.74, 6) is 0.919. The van der Waals surface area contributed by atoms with Gasteiger partial charge in [-0.25, -0.2) is 8.42 Å². The van der Waals surface area contributed by atoms with Gasteiger partial charge in [-0.15, -0.1) is 0 Å². The molecular formula is C18H30ClN3O2S. The molecule has 0 saturated heterocycles. The largest absolute Gasteiger partial charge is 0.357 e. The molecule has 25 heavy (non-hydrogen) atoms. The van der Waals surface area contributed by atoms with Crippen molar-refractivity contribution in [1.29, 1.82) is 0 Å². The summed E-state index contributed by atoms with van der Waals surface area (Å²) in [6, 6.07) is 7.87. The molecule has 2 N–H and O–H groups in total. The molecule has 0 radical (unpaired) electrons. The summed E-state index contributed by atoms with van der Waals surface area (Å²) in [6.45, 7) is 9.66. The van der Waals surface area contributed by atoms with E-state index >= 15 is 0 Å². The van der Waals surface area contributed by atoms with E-state index in [1.54, 1.807) is 6.92 Å². The number of guanidine groups is 1. The van der Waals surface area contributed by atoms with Crippen LogP contribution in [0.5, 0.6) is 0 Å². The molecule has 0 atom stereocenters. The smallest absolute Gasteiger partial charge is 0.191 e. The summed E-state index contributed by atoms with van der Waals surface area (Å²) < 4.78 is 23.2. The normalized spacial score (nSPS) is 12.9. The van der Waals surface area contributed by atoms with Crippen molar-refractivity contribution in [3.63, 3.8) is 0 Å². The molecule has 0 unspecified atom stereocenters. The fourth-order valence-corrected chi connectivity index (χ4v) is 3.27. The van der Waals surface area contributed by atoms with Crippen LogP contribution in [0.25, 0.3) is 0 Å². The average Bonchev–Trinajstić information content (AvgIpc) is 2.52. The Morgan fingerprint density at radius 2 is 1.96 bits per heavy atom. The number of nitrogens with one attached hydrogen (secondary N) is 2. The molecule has 0 heterocycles. The van der Waals surface area contributed by atoms with E-state index in [4.69, 9.17) is 11.6 Å². The molecule has 5 nitrogen and oxygen atoms in total. The third-order valence-electron chi connectivity index (χ3n) is 3.73. The second kappa shape index (κ2) is 10.0. The van der Waals surface area contributed by atoms with Crippen molar-refractivity contribution in [2.45, 2.75) is 34.1 Å². The summed E-state index contributed by atoms with van der Waals surface area (Å²) in [4.78, 5) is 4.62. The van der Waals surface area contributed by atoms with Crippen molar-refractivity contribution in [1.82, 2.24) is 10.6 Å². The molecule has 0 spiro atoms. The number of sulfone groups is 1. The van der Waals surface area contributed by atoms with Crippen LogP contribution in [0.3, 0.4) is 0 Å². The van der Waals surface area contributed by atoms with Crippen LogP contribution in [-0.4, -0.2) is 45.5 Å². The lowest BCUT2D eigenvalue weighted by molar-refractivity contribution is 0.377. The molecule has 142 valence electrons. The van der Waals surface area contributed by atoms with Gasteiger partial charge in [0.15, 0.2) is 15.8 Å². The van der Waals surface area contributed by atoms with Gasteiger partial charge in [0.25, 0.3) is 0 Å². The molecule has 1 rings (SSSR count). The van der Waals surface area contributed by atoms with Gasteiger partial charge in [-0.3, -0.25) is 4.99 Å². The number of rotatable bonds is 9. The van der Waals surface area contributed by atoms with Gasteiger partial charge in [-0.2, -0.15) is 0 Å². The topological polar surface area (TPSA) is 70.6 Å². The van der Waals surface area contributed by atoms with E-state index in [2.05, 4.69) is 35.5 Å². The van der Waals surface area contributed by atoms with Gasteiger partial charge in [0.1, 0.15) is 0 Å². The first-order valence-electron chi connectivity index (χ1n) is 8.64. The summed E-state index contributed by atoms with van der Waals surface area (Å²) in [5.41, 5.74) is 1.14. The first-order chi connectivity index (χ1) is 11.7. The highest BCUT2D eigenvalue weighted by molar-refractivity contribution is 7.91. The van der Waals surface area contributed by atoms with Crippen molar-refractivity contribution in [2.24, 2.45) is 10.4 Å². The number of benzene rings is 1. The van der Waals surface area contributed by atoms with E-state index < -0.39 is 9.84 Å². The Hall–Kier alpha value is -1.27. The van der Waals surface area contributed by atoms with Gasteiger partial charge in [0.05, 0.1) is 5.75 Å². The number of hydrogen-bond acceptors (Lipinski definition) is 3. The highest BCUT2D eigenvalue weighted by Crippen LogP contribution is 2.23. The minimum atomic E-state index is -2.98. The molecule has 0 aromatic heterocycles. The van der Waals surface area contributed by atoms with E-state index in [0.717, 1.165) is 18.0 Å². The maximum absolute atomic E-state index is 11.6. The number of halogens is 1. The molecule has 0 saturated carbocycles. The molecule has 0 aliphatic rings. The Balaban J connectivity index is 2.65. The van der Waals surface area contributed by atoms with E-state index in [1.165, 1.54) is 5.56 Å². The predicted molar refractivity (Wildman–Crippen MR) is 107 cm³/mol. The number of hydrogen-bond donors (Lipinski definition) is 2. The van der Waals surface area contributed by atoms with Gasteiger partial charge in [0.2, 0.25) is 0 Å². The molecular weight excluding hydrogens is 358 g/mol. The SMILES string of the molecule is CCNC(=NCC(C)(C)Cc1cccc(Cl)c1)NCCS(=O)(=O)CC. The molecule has 1 aromatic rings. The number of aliphatic imine (C=N–C) groups is 1. The summed E-state index contributed by atoms with van der Waals surface area (Å²) in [6.07, 6.45) is 0.862. The zero-order chi connectivity index (χ0) is 18.9. The van der Waals surface area contributed by atoms with Gasteiger partial charge in [-0.05, 0) is 36.5 Å². The molecule has 0 fully saturated rings. The van der Waals surface area contributed by atoms with E-state index in [9.17, 15) is 8.42 Å². The first-order valence-corrected chi connectivity index (χ1v) is 10.8. The minimum Gasteiger partial charge on any atom is -0.357 e. The molecule has 1 aromatic carbocycles. The van der Waals surface area contributed by atoms with Crippen LogP contribution >= 0.6 is 11.6 Å². The lowest BCUT2D eigenvalue weighted by atomic mass is 9.86. The van der Waals surface area contributed by atoms with Crippen LogP contribution in [0, 0.1) is 5.41 Å². The quantitative estimate of drug-likeness (QED) is 0.505. The summed E-state index contributed by atoms with van der Waals surface area (Å²) in [5, 5.41) is 6.99. The lowest BCUT2D eigenvalue weighted by Crippen LogP contribution is -2.40. The first kappa shape index (κ1) is 21.8. The van der Waals surface area contributed by atoms with Crippen LogP contribution < -0.4 is 10.6 Å². The van der Waals surface area contributed by atoms with Gasteiger partial charge < -0.3 is 10.6 Å². The minimum absolute atomic E-state index is 0.0392. The predicted octanol–water partition coefficient (Wildman–Crippen LogP) is 2.90. The molecule has 0 aliphatic heterocycles. The molecule has 7 heteroatoms. The maximum atomic E-state index is 11.6. The summed E-state index contributed by atoms with van der Waals surface area (Å²) in [7, 11) is -2.98. The number of nitrogens with zero attached hydrogens (tertiary/aromatic N) is 1. The Morgan fingerprint density at radius 3 is 2.56 bits per heavy atom. The third-order valence-corrected chi connectivity index (χ3v) is 5.67. The lowest BCUT2D eigenvalue weighted by Gasteiger charge is -2.23. The van der Waals surface area contributed by atoms with Gasteiger partial charge >= 0.3 is 0 Å².